The summed E-state index contributed by atoms with van der Waals surface area (Å²) in [6.45, 7) is 1.04. The molecule has 1 amide bonds. The van der Waals surface area contributed by atoms with Crippen molar-refractivity contribution in [2.24, 2.45) is 0 Å². The van der Waals surface area contributed by atoms with Gasteiger partial charge in [0, 0.05) is 0 Å². The molecule has 1 aliphatic rings. The lowest BCUT2D eigenvalue weighted by Gasteiger charge is -2.23. The lowest BCUT2D eigenvalue weighted by Crippen LogP contribution is -2.48. The van der Waals surface area contributed by atoms with Crippen LogP contribution in [0.4, 0.5) is 0 Å². The molecule has 0 saturated carbocycles. The van der Waals surface area contributed by atoms with Gasteiger partial charge in [0.15, 0.2) is 16.4 Å². The molecule has 1 N–H and O–H groups in total. The minimum atomic E-state index is -3.16. The van der Waals surface area contributed by atoms with E-state index < -0.39 is 33.9 Å². The molecule has 1 aromatic rings. The molecule has 24 heavy (non-hydrogen) atoms. The lowest BCUT2D eigenvalue weighted by atomic mass is 10.0. The third-order valence-electron chi connectivity index (χ3n) is 3.53. The molecule has 0 aromatic heterocycles. The number of amides is 1. The number of ether oxygens (including phenoxy) is 1. The normalized spacial score (nSPS) is 22.2. The molecule has 1 aromatic carbocycles. The Morgan fingerprint density at radius 3 is 2.46 bits per heavy atom. The monoisotopic (exact) mass is 413 g/mol. The fourth-order valence-electron chi connectivity index (χ4n) is 2.40. The van der Waals surface area contributed by atoms with Gasteiger partial charge >= 0.3 is 5.97 Å². The van der Waals surface area contributed by atoms with Gasteiger partial charge in [0.05, 0.1) is 37.7 Å². The number of benzene rings is 1. The van der Waals surface area contributed by atoms with Gasteiger partial charge in [0.2, 0.25) is 0 Å². The first-order chi connectivity index (χ1) is 11.0. The highest BCUT2D eigenvalue weighted by atomic mass is 35.5. The fraction of sp³-hybridized carbons (Fsp3) is 0.429. The van der Waals surface area contributed by atoms with E-state index in [4.69, 9.17) is 39.5 Å². The maximum absolute atomic E-state index is 12.0. The van der Waals surface area contributed by atoms with E-state index in [2.05, 4.69) is 5.32 Å². The number of nitrogens with one attached hydrogen (secondary N) is 1. The third kappa shape index (κ3) is 4.53. The summed E-state index contributed by atoms with van der Waals surface area (Å²) in [7, 11) is -3.16. The zero-order chi connectivity index (χ0) is 18.1. The summed E-state index contributed by atoms with van der Waals surface area (Å²) in [5.74, 6) is -1.65. The average molecular weight is 415 g/mol. The van der Waals surface area contributed by atoms with E-state index in [9.17, 15) is 18.0 Å². The Kier molecular flexibility index (Phi) is 5.69. The first-order valence-electron chi connectivity index (χ1n) is 6.85. The van der Waals surface area contributed by atoms with Gasteiger partial charge < -0.3 is 10.1 Å². The van der Waals surface area contributed by atoms with Crippen LogP contribution in [0, 0.1) is 0 Å². The topological polar surface area (TPSA) is 89.5 Å². The molecule has 0 aliphatic carbocycles. The van der Waals surface area contributed by atoms with E-state index in [-0.39, 0.29) is 32.1 Å². The Morgan fingerprint density at radius 1 is 1.25 bits per heavy atom. The molecule has 0 radical (unpaired) electrons. The highest BCUT2D eigenvalue weighted by molar-refractivity contribution is 7.91. The van der Waals surface area contributed by atoms with Gasteiger partial charge in [0.1, 0.15) is 0 Å². The van der Waals surface area contributed by atoms with E-state index in [1.807, 2.05) is 0 Å². The highest BCUT2D eigenvalue weighted by Crippen LogP contribution is 2.31. The maximum Gasteiger partial charge on any atom is 0.341 e. The van der Waals surface area contributed by atoms with E-state index >= 15 is 0 Å². The van der Waals surface area contributed by atoms with Crippen molar-refractivity contribution in [3.63, 3.8) is 0 Å². The molecule has 0 spiro atoms. The second-order valence-corrected chi connectivity index (χ2v) is 9.12. The van der Waals surface area contributed by atoms with Crippen molar-refractivity contribution in [3.8, 4) is 0 Å². The summed E-state index contributed by atoms with van der Waals surface area (Å²) < 4.78 is 27.9. The van der Waals surface area contributed by atoms with Crippen molar-refractivity contribution in [2.75, 3.05) is 18.1 Å². The van der Waals surface area contributed by atoms with E-state index in [1.165, 1.54) is 12.1 Å². The molecule has 132 valence electrons. The van der Waals surface area contributed by atoms with Gasteiger partial charge in [-0.15, -0.1) is 0 Å². The fourth-order valence-corrected chi connectivity index (χ4v) is 5.17. The number of carbonyl (C=O) groups is 2. The smallest absolute Gasteiger partial charge is 0.341 e. The highest BCUT2D eigenvalue weighted by Gasteiger charge is 2.39. The summed E-state index contributed by atoms with van der Waals surface area (Å²) in [6.07, 6.45) is 0.307. The number of carbonyl (C=O) groups excluding carboxylic acids is 2. The average Bonchev–Trinajstić information content (AvgIpc) is 2.74. The number of sulfone groups is 1. The van der Waals surface area contributed by atoms with Crippen molar-refractivity contribution in [3.05, 3.63) is 32.8 Å². The minimum absolute atomic E-state index is 0.0112. The minimum Gasteiger partial charge on any atom is -0.452 e. The second kappa shape index (κ2) is 7.07. The van der Waals surface area contributed by atoms with Gasteiger partial charge in [-0.1, -0.05) is 34.8 Å². The van der Waals surface area contributed by atoms with Gasteiger partial charge in [-0.3, -0.25) is 4.79 Å². The van der Waals surface area contributed by atoms with Crippen LogP contribution in [0.5, 0.6) is 0 Å². The zero-order valence-electron chi connectivity index (χ0n) is 12.6. The molecule has 1 fully saturated rings. The predicted octanol–water partition coefficient (Wildman–Crippen LogP) is 2.50. The molecule has 1 aliphatic heterocycles. The lowest BCUT2D eigenvalue weighted by molar-refractivity contribution is -0.125. The molecule has 0 bridgehead atoms. The molecule has 6 nitrogen and oxygen atoms in total. The van der Waals surface area contributed by atoms with Gasteiger partial charge in [-0.05, 0) is 25.5 Å². The molecular formula is C14H14Cl3NO5S. The van der Waals surface area contributed by atoms with Crippen LogP contribution >= 0.6 is 34.8 Å². The van der Waals surface area contributed by atoms with Gasteiger partial charge in [-0.2, -0.15) is 0 Å². The standard InChI is InChI=1S/C14H14Cl3NO5S/c1-14(4-5-24(21,22)7-14)18-10(19)6-23-13(20)11-8(15)2-3-9(16)12(11)17/h2-3H,4-7H2,1H3,(H,18,19). The van der Waals surface area contributed by atoms with Crippen molar-refractivity contribution in [2.45, 2.75) is 18.9 Å². The van der Waals surface area contributed by atoms with Crippen LogP contribution in [0.25, 0.3) is 0 Å². The van der Waals surface area contributed by atoms with Crippen LogP contribution in [-0.2, 0) is 19.4 Å². The molecule has 10 heteroatoms. The van der Waals surface area contributed by atoms with Crippen LogP contribution in [0.3, 0.4) is 0 Å². The van der Waals surface area contributed by atoms with Crippen molar-refractivity contribution >= 4 is 56.5 Å². The molecule has 1 saturated heterocycles. The summed E-state index contributed by atoms with van der Waals surface area (Å²) in [5.41, 5.74) is -0.999. The Labute approximate surface area is 154 Å². The largest absolute Gasteiger partial charge is 0.452 e. The van der Waals surface area contributed by atoms with Crippen LogP contribution in [-0.4, -0.2) is 43.9 Å². The second-order valence-electron chi connectivity index (χ2n) is 5.75. The van der Waals surface area contributed by atoms with Gasteiger partial charge in [0.25, 0.3) is 5.91 Å². The Balaban J connectivity index is 1.98. The zero-order valence-corrected chi connectivity index (χ0v) is 15.7. The maximum atomic E-state index is 12.0. The third-order valence-corrected chi connectivity index (χ3v) is 6.55. The number of esters is 1. The number of halogens is 3. The van der Waals surface area contributed by atoms with Crippen LogP contribution in [0.15, 0.2) is 12.1 Å². The van der Waals surface area contributed by atoms with Gasteiger partial charge in [-0.25, -0.2) is 13.2 Å². The number of rotatable bonds is 4. The number of hydrogen-bond donors (Lipinski definition) is 1. The van der Waals surface area contributed by atoms with Crippen LogP contribution < -0.4 is 5.32 Å². The Bertz CT molecular complexity index is 796. The quantitative estimate of drug-likeness (QED) is 0.604. The van der Waals surface area contributed by atoms with E-state index in [0.29, 0.717) is 6.42 Å². The van der Waals surface area contributed by atoms with Crippen molar-refractivity contribution < 1.29 is 22.7 Å². The number of hydrogen-bond acceptors (Lipinski definition) is 5. The van der Waals surface area contributed by atoms with E-state index in [1.54, 1.807) is 6.92 Å². The SMILES string of the molecule is CC1(NC(=O)COC(=O)c2c(Cl)ccc(Cl)c2Cl)CCS(=O)(=O)C1. The van der Waals surface area contributed by atoms with Crippen LogP contribution in [0.2, 0.25) is 15.1 Å². The molecule has 1 unspecified atom stereocenters. The summed E-state index contributed by atoms with van der Waals surface area (Å²) in [6, 6.07) is 2.81. The molecule has 1 atom stereocenters. The molecule has 1 heterocycles. The summed E-state index contributed by atoms with van der Waals surface area (Å²) in [5, 5.41) is 2.68. The summed E-state index contributed by atoms with van der Waals surface area (Å²) in [4.78, 5) is 24.0. The Hall–Kier alpha value is -1.02. The summed E-state index contributed by atoms with van der Waals surface area (Å²) >= 11 is 17.6. The Morgan fingerprint density at radius 2 is 1.88 bits per heavy atom. The van der Waals surface area contributed by atoms with Crippen molar-refractivity contribution in [1.82, 2.24) is 5.32 Å². The first kappa shape index (κ1) is 19.3. The van der Waals surface area contributed by atoms with Crippen molar-refractivity contribution in [1.29, 1.82) is 0 Å². The predicted molar refractivity (Wildman–Crippen MR) is 91.6 cm³/mol. The first-order valence-corrected chi connectivity index (χ1v) is 9.81. The molecular weight excluding hydrogens is 401 g/mol. The van der Waals surface area contributed by atoms with E-state index in [0.717, 1.165) is 0 Å². The van der Waals surface area contributed by atoms with Crippen LogP contribution in [0.1, 0.15) is 23.7 Å². The molecule has 2 rings (SSSR count).